The molecule has 9 nitrogen and oxygen atoms in total. The molecule has 0 aliphatic rings. The number of carbonyl (C=O) groups is 2. The lowest BCUT2D eigenvalue weighted by Gasteiger charge is -2.19. The molecular weight excluding hydrogens is 1120 g/mol. The molecule has 0 amide bonds. The highest BCUT2D eigenvalue weighted by Crippen LogP contribution is 2.43. The Hall–Kier alpha value is -4.11. The van der Waals surface area contributed by atoms with E-state index in [-0.39, 0.29) is 32.6 Å². The summed E-state index contributed by atoms with van der Waals surface area (Å²) in [5, 5.41) is 0. The Morgan fingerprint density at radius 1 is 0.348 bits per heavy atom. The second kappa shape index (κ2) is 72.9. The third-order valence-corrected chi connectivity index (χ3v) is 16.2. The van der Waals surface area contributed by atoms with Crippen LogP contribution in [0.15, 0.2) is 146 Å². The zero-order chi connectivity index (χ0) is 64.4. The Morgan fingerprint density at radius 3 is 0.933 bits per heavy atom. The van der Waals surface area contributed by atoms with Gasteiger partial charge in [-0.05, 0) is 122 Å². The van der Waals surface area contributed by atoms with Crippen LogP contribution in [0, 0.1) is 0 Å². The largest absolute Gasteiger partial charge is 0.472 e. The van der Waals surface area contributed by atoms with Gasteiger partial charge in [0.2, 0.25) is 0 Å². The van der Waals surface area contributed by atoms with Gasteiger partial charge in [0.25, 0.3) is 0 Å². The standard InChI is InChI=1S/C79H134NO8P/c1-3-5-7-9-11-13-15-17-19-21-23-25-27-29-31-33-35-36-37-38-39-40-42-43-45-47-49-51-53-55-57-59-61-63-65-67-69-71-78(81)85-75-77(76-87-89(83,84)86-74-73-80)88-79(82)72-70-68-66-64-62-60-58-56-54-52-50-48-46-44-41-34-32-30-28-26-24-22-20-18-16-14-12-10-8-6-4-2/h6,8,12,14-15,17-18,20-21,23-24,26-27,29-30,32,41,44,48,50,54,56,60,62,77H,3-5,7,9-11,13,16,19,22,25,28,31,33-40,42-43,45-47,49,51-53,55,57-59,61,63-76,80H2,1-2H3,(H,83,84)/b8-6-,14-12-,17-15-,20-18-,23-21-,26-24-,29-27-,32-30-,44-41-,50-48-,56-54-,62-60-. The van der Waals surface area contributed by atoms with E-state index in [2.05, 4.69) is 160 Å². The number of allylic oxidation sites excluding steroid dienone is 24. The van der Waals surface area contributed by atoms with Crippen molar-refractivity contribution in [1.82, 2.24) is 0 Å². The van der Waals surface area contributed by atoms with E-state index < -0.39 is 32.5 Å². The Morgan fingerprint density at radius 2 is 0.618 bits per heavy atom. The molecule has 0 aromatic carbocycles. The van der Waals surface area contributed by atoms with Gasteiger partial charge in [-0.1, -0.05) is 320 Å². The lowest BCUT2D eigenvalue weighted by molar-refractivity contribution is -0.161. The number of ether oxygens (including phenoxy) is 2. The fraction of sp³-hybridized carbons (Fsp3) is 0.671. The molecule has 0 aromatic heterocycles. The molecule has 2 unspecified atom stereocenters. The number of carbonyl (C=O) groups excluding carboxylic acids is 2. The number of phosphoric acid groups is 1. The van der Waals surface area contributed by atoms with Crippen LogP contribution in [0.2, 0.25) is 0 Å². The topological polar surface area (TPSA) is 134 Å². The molecule has 0 rings (SSSR count). The number of rotatable bonds is 67. The second-order valence-corrected chi connectivity index (χ2v) is 25.2. The number of hydrogen-bond acceptors (Lipinski definition) is 8. The molecule has 0 bridgehead atoms. The molecular formula is C79H134NO8P. The minimum atomic E-state index is -4.41. The highest BCUT2D eigenvalue weighted by atomic mass is 31.2. The third kappa shape index (κ3) is 72.8. The van der Waals surface area contributed by atoms with Crippen LogP contribution in [0.1, 0.15) is 309 Å². The smallest absolute Gasteiger partial charge is 0.462 e. The summed E-state index contributed by atoms with van der Waals surface area (Å²) in [5.41, 5.74) is 5.40. The number of phosphoric ester groups is 1. The summed E-state index contributed by atoms with van der Waals surface area (Å²) >= 11 is 0. The van der Waals surface area contributed by atoms with Gasteiger partial charge in [-0.25, -0.2) is 4.57 Å². The zero-order valence-electron chi connectivity index (χ0n) is 57.1. The molecule has 0 spiro atoms. The van der Waals surface area contributed by atoms with E-state index >= 15 is 0 Å². The van der Waals surface area contributed by atoms with Gasteiger partial charge in [-0.15, -0.1) is 0 Å². The van der Waals surface area contributed by atoms with Gasteiger partial charge >= 0.3 is 19.8 Å². The quantitative estimate of drug-likeness (QED) is 0.0264. The van der Waals surface area contributed by atoms with Crippen LogP contribution < -0.4 is 5.73 Å². The maximum atomic E-state index is 12.8. The van der Waals surface area contributed by atoms with Gasteiger partial charge in [0.05, 0.1) is 13.2 Å². The van der Waals surface area contributed by atoms with Crippen molar-refractivity contribution in [2.45, 2.75) is 315 Å². The monoisotopic (exact) mass is 1260 g/mol. The van der Waals surface area contributed by atoms with Gasteiger partial charge in [0.15, 0.2) is 6.10 Å². The lowest BCUT2D eigenvalue weighted by Crippen LogP contribution is -2.29. The Balaban J connectivity index is 3.93. The molecule has 0 radical (unpaired) electrons. The SMILES string of the molecule is CC/C=C\C/C=C\C/C=C\C/C=C\C/C=C\C/C=C\C/C=C\C/C=C\C/C=C\CCCCCC(=O)OC(COC(=O)CCCCCCCCCCCCCCCCCCCCCCCC/C=C\C/C=C\C/C=C\CCCCCCC)COP(=O)(O)OCCN. The Kier molecular flexibility index (Phi) is 69.6. The minimum absolute atomic E-state index is 0.0413. The van der Waals surface area contributed by atoms with Crippen LogP contribution in [0.25, 0.3) is 0 Å². The Bertz CT molecular complexity index is 1970. The molecule has 3 N–H and O–H groups in total. The first-order valence-corrected chi connectivity index (χ1v) is 37.8. The molecule has 0 fully saturated rings. The van der Waals surface area contributed by atoms with Crippen molar-refractivity contribution in [2.24, 2.45) is 5.73 Å². The van der Waals surface area contributed by atoms with Gasteiger partial charge in [0, 0.05) is 19.4 Å². The van der Waals surface area contributed by atoms with Crippen LogP contribution in [-0.4, -0.2) is 49.3 Å². The van der Waals surface area contributed by atoms with Gasteiger partial charge in [0.1, 0.15) is 6.61 Å². The molecule has 0 saturated carbocycles. The van der Waals surface area contributed by atoms with Crippen molar-refractivity contribution < 1.29 is 37.6 Å². The number of esters is 2. The zero-order valence-corrected chi connectivity index (χ0v) is 58.0. The molecule has 0 heterocycles. The van der Waals surface area contributed by atoms with Crippen LogP contribution in [-0.2, 0) is 32.7 Å². The summed E-state index contributed by atoms with van der Waals surface area (Å²) in [5.74, 6) is -0.866. The number of unbranched alkanes of at least 4 members (excludes halogenated alkanes) is 30. The fourth-order valence-electron chi connectivity index (χ4n) is 9.87. The highest BCUT2D eigenvalue weighted by Gasteiger charge is 2.26. The summed E-state index contributed by atoms with van der Waals surface area (Å²) < 4.78 is 33.1. The molecule has 0 aromatic rings. The maximum Gasteiger partial charge on any atom is 0.472 e. The van der Waals surface area contributed by atoms with Crippen molar-refractivity contribution in [3.63, 3.8) is 0 Å². The predicted octanol–water partition coefficient (Wildman–Crippen LogP) is 24.2. The maximum absolute atomic E-state index is 12.8. The first-order chi connectivity index (χ1) is 43.8. The fourth-order valence-corrected chi connectivity index (χ4v) is 10.6. The summed E-state index contributed by atoms with van der Waals surface area (Å²) in [6, 6.07) is 0. The minimum Gasteiger partial charge on any atom is -0.462 e. The third-order valence-electron chi connectivity index (χ3n) is 15.2. The van der Waals surface area contributed by atoms with Crippen LogP contribution >= 0.6 is 7.82 Å². The van der Waals surface area contributed by atoms with Crippen molar-refractivity contribution in [3.8, 4) is 0 Å². The summed E-state index contributed by atoms with van der Waals surface area (Å²) in [6.07, 6.45) is 105. The van der Waals surface area contributed by atoms with E-state index in [9.17, 15) is 19.0 Å². The molecule has 508 valence electrons. The van der Waals surface area contributed by atoms with E-state index in [4.69, 9.17) is 24.3 Å². The molecule has 89 heavy (non-hydrogen) atoms. The van der Waals surface area contributed by atoms with E-state index in [1.807, 2.05) is 0 Å². The molecule has 2 atom stereocenters. The van der Waals surface area contributed by atoms with Crippen molar-refractivity contribution >= 4 is 19.8 Å². The first kappa shape index (κ1) is 84.9. The molecule has 10 heteroatoms. The van der Waals surface area contributed by atoms with Crippen molar-refractivity contribution in [1.29, 1.82) is 0 Å². The van der Waals surface area contributed by atoms with E-state index in [1.54, 1.807) is 0 Å². The normalized spacial score (nSPS) is 13.8. The van der Waals surface area contributed by atoms with Crippen molar-refractivity contribution in [3.05, 3.63) is 146 Å². The molecule has 0 saturated heterocycles. The van der Waals surface area contributed by atoms with Crippen molar-refractivity contribution in [2.75, 3.05) is 26.4 Å². The van der Waals surface area contributed by atoms with E-state index in [1.165, 1.54) is 167 Å². The number of nitrogens with two attached hydrogens (primary N) is 1. The Labute approximate surface area is 547 Å². The van der Waals surface area contributed by atoms with Gasteiger partial charge in [-0.3, -0.25) is 18.6 Å². The van der Waals surface area contributed by atoms with Crippen LogP contribution in [0.3, 0.4) is 0 Å². The average Bonchev–Trinajstić information content (AvgIpc) is 3.68. The predicted molar refractivity (Wildman–Crippen MR) is 385 cm³/mol. The van der Waals surface area contributed by atoms with Crippen LogP contribution in [0.4, 0.5) is 0 Å². The van der Waals surface area contributed by atoms with E-state index in [0.717, 1.165) is 109 Å². The molecule has 0 aliphatic heterocycles. The summed E-state index contributed by atoms with van der Waals surface area (Å²) in [6.45, 7) is 3.59. The van der Waals surface area contributed by atoms with E-state index in [0.29, 0.717) is 6.42 Å². The summed E-state index contributed by atoms with van der Waals surface area (Å²) in [7, 11) is -4.41. The van der Waals surface area contributed by atoms with Crippen LogP contribution in [0.5, 0.6) is 0 Å². The average molecular weight is 1260 g/mol. The first-order valence-electron chi connectivity index (χ1n) is 36.3. The van der Waals surface area contributed by atoms with Gasteiger partial charge < -0.3 is 20.1 Å². The number of hydrogen-bond donors (Lipinski definition) is 2. The summed E-state index contributed by atoms with van der Waals surface area (Å²) in [4.78, 5) is 35.4. The molecule has 0 aliphatic carbocycles. The second-order valence-electron chi connectivity index (χ2n) is 23.7. The highest BCUT2D eigenvalue weighted by molar-refractivity contribution is 7.47. The lowest BCUT2D eigenvalue weighted by atomic mass is 10.0. The van der Waals surface area contributed by atoms with Gasteiger partial charge in [-0.2, -0.15) is 0 Å².